The predicted octanol–water partition coefficient (Wildman–Crippen LogP) is 5.59. The van der Waals surface area contributed by atoms with Crippen molar-refractivity contribution < 1.29 is 13.7 Å². The van der Waals surface area contributed by atoms with Crippen LogP contribution in [0, 0.1) is 0 Å². The van der Waals surface area contributed by atoms with Crippen molar-refractivity contribution in [2.24, 2.45) is 0 Å². The van der Waals surface area contributed by atoms with Crippen molar-refractivity contribution in [2.45, 2.75) is 63.7 Å². The van der Waals surface area contributed by atoms with Crippen molar-refractivity contribution in [1.82, 2.24) is 10.2 Å². The Morgan fingerprint density at radius 2 is 1.88 bits per heavy atom. The van der Waals surface area contributed by atoms with Crippen molar-refractivity contribution in [2.75, 3.05) is 18.8 Å². The van der Waals surface area contributed by atoms with E-state index in [0.29, 0.717) is 33.3 Å². The third-order valence-electron chi connectivity index (χ3n) is 5.82. The first-order valence-electron chi connectivity index (χ1n) is 11.2. The maximum Gasteiger partial charge on any atom is 0.251 e. The summed E-state index contributed by atoms with van der Waals surface area (Å²) < 4.78 is 27.4. The van der Waals surface area contributed by atoms with Crippen LogP contribution in [0.3, 0.4) is 0 Å². The number of halogens is 2. The molecule has 0 bridgehead atoms. The SMILES string of the molecule is CC[S+]([O-])c1ccc(Cl)cc1CNC(=O)c1ccc(CN2CCCCC2)c(C(C)(C)F)c1. The Balaban J connectivity index is 1.78. The molecule has 1 fully saturated rings. The number of hydrogen-bond acceptors (Lipinski definition) is 3. The molecule has 1 unspecified atom stereocenters. The molecule has 0 aliphatic carbocycles. The van der Waals surface area contributed by atoms with E-state index in [0.717, 1.165) is 24.2 Å². The lowest BCUT2D eigenvalue weighted by molar-refractivity contribution is 0.0950. The number of amides is 1. The Hall–Kier alpha value is -1.60. The Kier molecular flexibility index (Phi) is 8.62. The molecule has 0 aromatic heterocycles. The maximum atomic E-state index is 15.1. The van der Waals surface area contributed by atoms with Crippen molar-refractivity contribution in [1.29, 1.82) is 0 Å². The second-order valence-corrected chi connectivity index (χ2v) is 10.9. The van der Waals surface area contributed by atoms with E-state index in [9.17, 15) is 9.35 Å². The predicted molar refractivity (Wildman–Crippen MR) is 129 cm³/mol. The summed E-state index contributed by atoms with van der Waals surface area (Å²) in [5.74, 6) is 0.184. The summed E-state index contributed by atoms with van der Waals surface area (Å²) >= 11 is 4.95. The van der Waals surface area contributed by atoms with Crippen LogP contribution in [0.2, 0.25) is 5.02 Å². The topological polar surface area (TPSA) is 55.4 Å². The number of likely N-dealkylation sites (tertiary alicyclic amines) is 1. The van der Waals surface area contributed by atoms with Crippen molar-refractivity contribution in [3.05, 3.63) is 63.7 Å². The van der Waals surface area contributed by atoms with Crippen LogP contribution in [-0.2, 0) is 29.9 Å². The Morgan fingerprint density at radius 1 is 1.16 bits per heavy atom. The minimum Gasteiger partial charge on any atom is -0.611 e. The van der Waals surface area contributed by atoms with Gasteiger partial charge in [-0.25, -0.2) is 4.39 Å². The van der Waals surface area contributed by atoms with E-state index in [1.807, 2.05) is 13.0 Å². The normalized spacial score (nSPS) is 16.1. The molecule has 0 saturated carbocycles. The zero-order valence-corrected chi connectivity index (χ0v) is 20.6. The first-order chi connectivity index (χ1) is 15.2. The molecule has 2 aromatic carbocycles. The summed E-state index contributed by atoms with van der Waals surface area (Å²) in [4.78, 5) is 15.9. The fraction of sp³-hybridized carbons (Fsp3) is 0.480. The number of nitrogens with one attached hydrogen (secondary N) is 1. The van der Waals surface area contributed by atoms with Crippen molar-refractivity contribution >= 4 is 28.7 Å². The lowest BCUT2D eigenvalue weighted by Gasteiger charge is -2.29. The molecule has 1 saturated heterocycles. The molecule has 3 rings (SSSR count). The molecule has 32 heavy (non-hydrogen) atoms. The highest BCUT2D eigenvalue weighted by Crippen LogP contribution is 2.30. The lowest BCUT2D eigenvalue weighted by Crippen LogP contribution is -2.30. The quantitative estimate of drug-likeness (QED) is 0.503. The average molecular weight is 479 g/mol. The summed E-state index contributed by atoms with van der Waals surface area (Å²) in [6.45, 7) is 7.84. The van der Waals surface area contributed by atoms with Crippen LogP contribution in [0.4, 0.5) is 4.39 Å². The van der Waals surface area contributed by atoms with E-state index in [2.05, 4.69) is 10.2 Å². The molecular formula is C25H32ClFN2O2S. The van der Waals surface area contributed by atoms with Crippen LogP contribution >= 0.6 is 11.6 Å². The van der Waals surface area contributed by atoms with Gasteiger partial charge in [0.2, 0.25) is 0 Å². The van der Waals surface area contributed by atoms with Crippen molar-refractivity contribution in [3.8, 4) is 0 Å². The van der Waals surface area contributed by atoms with E-state index >= 15 is 4.39 Å². The first-order valence-corrected chi connectivity index (χ1v) is 12.9. The molecule has 4 nitrogen and oxygen atoms in total. The van der Waals surface area contributed by atoms with Crippen LogP contribution < -0.4 is 5.32 Å². The molecule has 2 aromatic rings. The lowest BCUT2D eigenvalue weighted by atomic mass is 9.91. The third kappa shape index (κ3) is 6.47. The highest BCUT2D eigenvalue weighted by Gasteiger charge is 2.25. The van der Waals surface area contributed by atoms with Crippen molar-refractivity contribution in [3.63, 3.8) is 0 Å². The molecule has 1 atom stereocenters. The summed E-state index contributed by atoms with van der Waals surface area (Å²) in [6, 6.07) is 10.5. The zero-order chi connectivity index (χ0) is 23.3. The van der Waals surface area contributed by atoms with Gasteiger partial charge in [-0.15, -0.1) is 0 Å². The average Bonchev–Trinajstić information content (AvgIpc) is 2.77. The van der Waals surface area contributed by atoms with E-state index < -0.39 is 16.8 Å². The number of hydrogen-bond donors (Lipinski definition) is 1. The standard InChI is InChI=1S/C25H32ClFN2O2S/c1-4-32(31)23-11-10-21(26)14-20(23)16-28-24(30)18-8-9-19(22(15-18)25(2,3)27)17-29-12-6-5-7-13-29/h8-11,14-15H,4-7,12-13,16-17H2,1-3H3,(H,28,30). The second-order valence-electron chi connectivity index (χ2n) is 8.75. The van der Waals surface area contributed by atoms with Crippen LogP contribution in [0.1, 0.15) is 67.1 Å². The summed E-state index contributed by atoms with van der Waals surface area (Å²) in [6.07, 6.45) is 3.59. The van der Waals surface area contributed by atoms with Gasteiger partial charge in [0.05, 0.1) is 0 Å². The molecule has 0 radical (unpaired) electrons. The molecule has 1 aliphatic rings. The maximum absolute atomic E-state index is 15.1. The molecule has 0 spiro atoms. The Labute approximate surface area is 198 Å². The summed E-state index contributed by atoms with van der Waals surface area (Å²) in [5.41, 5.74) is 1.05. The smallest absolute Gasteiger partial charge is 0.251 e. The van der Waals surface area contributed by atoms with Crippen LogP contribution in [-0.4, -0.2) is 34.2 Å². The molecule has 1 aliphatic heterocycles. The van der Waals surface area contributed by atoms with E-state index in [1.165, 1.54) is 33.1 Å². The van der Waals surface area contributed by atoms with E-state index in [4.69, 9.17) is 11.6 Å². The van der Waals surface area contributed by atoms with Gasteiger partial charge in [-0.05, 0) is 99.3 Å². The summed E-state index contributed by atoms with van der Waals surface area (Å²) in [7, 11) is 0. The van der Waals surface area contributed by atoms with Gasteiger partial charge in [-0.3, -0.25) is 9.69 Å². The third-order valence-corrected chi connectivity index (χ3v) is 7.47. The molecule has 7 heteroatoms. The zero-order valence-electron chi connectivity index (χ0n) is 19.0. The number of carbonyl (C=O) groups excluding carboxylic acids is 1. The molecule has 1 heterocycles. The van der Waals surface area contributed by atoms with Crippen LogP contribution in [0.15, 0.2) is 41.3 Å². The first kappa shape index (κ1) is 25.0. The summed E-state index contributed by atoms with van der Waals surface area (Å²) in [5, 5.41) is 3.40. The molecular weight excluding hydrogens is 447 g/mol. The van der Waals surface area contributed by atoms with Gasteiger partial charge < -0.3 is 9.87 Å². The van der Waals surface area contributed by atoms with Gasteiger partial charge >= 0.3 is 0 Å². The Bertz CT molecular complexity index is 942. The van der Waals surface area contributed by atoms with E-state index in [-0.39, 0.29) is 12.5 Å². The number of piperidine rings is 1. The number of alkyl halides is 1. The van der Waals surface area contributed by atoms with Gasteiger partial charge in [-0.1, -0.05) is 24.1 Å². The number of rotatable bonds is 8. The monoisotopic (exact) mass is 478 g/mol. The minimum atomic E-state index is -1.56. The van der Waals surface area contributed by atoms with E-state index in [1.54, 1.807) is 30.3 Å². The number of nitrogens with zero attached hydrogens (tertiary/aromatic N) is 1. The Morgan fingerprint density at radius 3 is 2.53 bits per heavy atom. The fourth-order valence-corrected chi connectivity index (χ4v) is 5.26. The van der Waals surface area contributed by atoms with Gasteiger partial charge in [0.15, 0.2) is 4.90 Å². The van der Waals surface area contributed by atoms with Gasteiger partial charge in [0, 0.05) is 29.2 Å². The van der Waals surface area contributed by atoms with Gasteiger partial charge in [0.25, 0.3) is 5.91 Å². The number of carbonyl (C=O) groups is 1. The minimum absolute atomic E-state index is 0.199. The van der Waals surface area contributed by atoms with Crippen LogP contribution in [0.5, 0.6) is 0 Å². The molecule has 1 amide bonds. The van der Waals surface area contributed by atoms with Gasteiger partial charge in [-0.2, -0.15) is 0 Å². The molecule has 174 valence electrons. The van der Waals surface area contributed by atoms with Crippen LogP contribution in [0.25, 0.3) is 0 Å². The largest absolute Gasteiger partial charge is 0.611 e. The highest BCUT2D eigenvalue weighted by molar-refractivity contribution is 7.91. The highest BCUT2D eigenvalue weighted by atomic mass is 35.5. The fourth-order valence-electron chi connectivity index (χ4n) is 4.11. The second kappa shape index (κ2) is 11.0. The number of benzene rings is 2. The van der Waals surface area contributed by atoms with Gasteiger partial charge in [0.1, 0.15) is 11.4 Å². The molecule has 1 N–H and O–H groups in total.